The van der Waals surface area contributed by atoms with Gasteiger partial charge in [-0.15, -0.1) is 0 Å². The summed E-state index contributed by atoms with van der Waals surface area (Å²) in [4.78, 5) is 0. The predicted molar refractivity (Wildman–Crippen MR) is 94.2 cm³/mol. The van der Waals surface area contributed by atoms with Crippen LogP contribution < -0.4 is 11.1 Å². The van der Waals surface area contributed by atoms with E-state index < -0.39 is 0 Å². The van der Waals surface area contributed by atoms with Gasteiger partial charge in [-0.3, -0.25) is 0 Å². The molecule has 1 aliphatic carbocycles. The predicted octanol–water partition coefficient (Wildman–Crippen LogP) is 4.77. The fourth-order valence-corrected chi connectivity index (χ4v) is 3.18. The van der Waals surface area contributed by atoms with Crippen LogP contribution in [-0.4, -0.2) is 13.1 Å². The van der Waals surface area contributed by atoms with Crippen molar-refractivity contribution < 1.29 is 0 Å². The highest BCUT2D eigenvalue weighted by atomic mass is 14.9. The molecular formula is C19H36N2. The van der Waals surface area contributed by atoms with E-state index in [9.17, 15) is 0 Å². The first-order chi connectivity index (χ1) is 10.2. The van der Waals surface area contributed by atoms with Gasteiger partial charge in [0.25, 0.3) is 0 Å². The van der Waals surface area contributed by atoms with Crippen LogP contribution in [0.4, 0.5) is 0 Å². The van der Waals surface area contributed by atoms with E-state index in [1.54, 1.807) is 5.57 Å². The number of rotatable bonds is 10. The van der Waals surface area contributed by atoms with E-state index in [1.807, 2.05) is 0 Å². The second-order valence-corrected chi connectivity index (χ2v) is 6.66. The molecule has 0 saturated heterocycles. The fourth-order valence-electron chi connectivity index (χ4n) is 3.18. The van der Waals surface area contributed by atoms with Crippen molar-refractivity contribution in [2.24, 2.45) is 17.6 Å². The Bertz CT molecular complexity index is 312. The molecule has 2 heteroatoms. The Morgan fingerprint density at radius 3 is 2.38 bits per heavy atom. The number of nitrogens with one attached hydrogen (secondary N) is 1. The van der Waals surface area contributed by atoms with E-state index in [4.69, 9.17) is 5.73 Å². The molecule has 0 bridgehead atoms. The van der Waals surface area contributed by atoms with Crippen LogP contribution in [0, 0.1) is 11.8 Å². The second kappa shape index (κ2) is 10.9. The monoisotopic (exact) mass is 292 g/mol. The molecule has 21 heavy (non-hydrogen) atoms. The molecule has 0 aromatic heterocycles. The SMILES string of the molecule is C=C(CC/C(=C\C)CCCC)NCC1CCC(CN)CC1. The zero-order valence-electron chi connectivity index (χ0n) is 14.3. The second-order valence-electron chi connectivity index (χ2n) is 6.66. The first-order valence-electron chi connectivity index (χ1n) is 8.95. The normalized spacial score (nSPS) is 23.1. The highest BCUT2D eigenvalue weighted by Gasteiger charge is 2.19. The maximum atomic E-state index is 5.75. The molecular weight excluding hydrogens is 256 g/mol. The molecule has 1 rings (SSSR count). The Kier molecular flexibility index (Phi) is 9.49. The third-order valence-electron chi connectivity index (χ3n) is 4.95. The Morgan fingerprint density at radius 2 is 1.81 bits per heavy atom. The summed E-state index contributed by atoms with van der Waals surface area (Å²) in [5.74, 6) is 1.60. The lowest BCUT2D eigenvalue weighted by molar-refractivity contribution is 0.276. The summed E-state index contributed by atoms with van der Waals surface area (Å²) in [6.45, 7) is 10.6. The topological polar surface area (TPSA) is 38.0 Å². The average Bonchev–Trinajstić information content (AvgIpc) is 2.53. The van der Waals surface area contributed by atoms with Crippen molar-refractivity contribution in [2.75, 3.05) is 13.1 Å². The Morgan fingerprint density at radius 1 is 1.14 bits per heavy atom. The first kappa shape index (κ1) is 18.3. The van der Waals surface area contributed by atoms with Gasteiger partial charge in [0.1, 0.15) is 0 Å². The number of hydrogen-bond acceptors (Lipinski definition) is 2. The lowest BCUT2D eigenvalue weighted by Crippen LogP contribution is -2.28. The molecule has 1 aliphatic rings. The standard InChI is InChI=1S/C19H36N2/c1-4-6-7-17(5-2)9-8-16(3)21-15-19-12-10-18(14-20)11-13-19/h5,18-19,21H,3-4,6-15,20H2,1-2H3/b17-5-. The van der Waals surface area contributed by atoms with E-state index in [-0.39, 0.29) is 0 Å². The maximum Gasteiger partial charge on any atom is 0.0172 e. The molecule has 122 valence electrons. The molecule has 1 saturated carbocycles. The molecule has 0 aromatic rings. The Hall–Kier alpha value is -0.760. The van der Waals surface area contributed by atoms with Gasteiger partial charge in [-0.25, -0.2) is 0 Å². The third kappa shape index (κ3) is 7.71. The smallest absolute Gasteiger partial charge is 0.0172 e. The molecule has 3 N–H and O–H groups in total. The first-order valence-corrected chi connectivity index (χ1v) is 8.95. The molecule has 0 heterocycles. The summed E-state index contributed by atoms with van der Waals surface area (Å²) >= 11 is 0. The van der Waals surface area contributed by atoms with Gasteiger partial charge in [-0.05, 0) is 76.7 Å². The van der Waals surface area contributed by atoms with E-state index >= 15 is 0 Å². The van der Waals surface area contributed by atoms with Crippen LogP contribution in [0.15, 0.2) is 23.9 Å². The van der Waals surface area contributed by atoms with Crippen molar-refractivity contribution in [3.63, 3.8) is 0 Å². The number of hydrogen-bond donors (Lipinski definition) is 2. The van der Waals surface area contributed by atoms with Crippen LogP contribution >= 0.6 is 0 Å². The summed E-state index contributed by atoms with van der Waals surface area (Å²) in [5.41, 5.74) is 8.55. The summed E-state index contributed by atoms with van der Waals surface area (Å²) in [6, 6.07) is 0. The van der Waals surface area contributed by atoms with Gasteiger partial charge in [0, 0.05) is 12.2 Å². The molecule has 0 aromatic carbocycles. The summed E-state index contributed by atoms with van der Waals surface area (Å²) in [7, 11) is 0. The van der Waals surface area contributed by atoms with Crippen LogP contribution in [0.1, 0.15) is 71.6 Å². The van der Waals surface area contributed by atoms with Crippen molar-refractivity contribution in [3.05, 3.63) is 23.9 Å². The van der Waals surface area contributed by atoms with Gasteiger partial charge in [-0.2, -0.15) is 0 Å². The zero-order chi connectivity index (χ0) is 15.5. The van der Waals surface area contributed by atoms with Crippen LogP contribution in [0.5, 0.6) is 0 Å². The van der Waals surface area contributed by atoms with Gasteiger partial charge >= 0.3 is 0 Å². The van der Waals surface area contributed by atoms with Gasteiger partial charge in [0.2, 0.25) is 0 Å². The summed E-state index contributed by atoms with van der Waals surface area (Å²) in [5, 5.41) is 3.57. The number of unbranched alkanes of at least 4 members (excludes halogenated alkanes) is 1. The Labute approximate surface area is 132 Å². The van der Waals surface area contributed by atoms with Gasteiger partial charge in [0.05, 0.1) is 0 Å². The van der Waals surface area contributed by atoms with E-state index in [0.717, 1.165) is 31.3 Å². The van der Waals surface area contributed by atoms with E-state index in [2.05, 4.69) is 31.8 Å². The fraction of sp³-hybridized carbons (Fsp3) is 0.789. The molecule has 0 radical (unpaired) electrons. The number of allylic oxidation sites excluding steroid dienone is 3. The highest BCUT2D eigenvalue weighted by molar-refractivity contribution is 5.04. The maximum absolute atomic E-state index is 5.75. The molecule has 0 amide bonds. The van der Waals surface area contributed by atoms with Crippen molar-refractivity contribution in [3.8, 4) is 0 Å². The lowest BCUT2D eigenvalue weighted by Gasteiger charge is -2.28. The largest absolute Gasteiger partial charge is 0.389 e. The minimum absolute atomic E-state index is 0.778. The lowest BCUT2D eigenvalue weighted by atomic mass is 9.82. The minimum atomic E-state index is 0.778. The third-order valence-corrected chi connectivity index (χ3v) is 4.95. The van der Waals surface area contributed by atoms with Crippen molar-refractivity contribution in [1.82, 2.24) is 5.32 Å². The molecule has 0 atom stereocenters. The summed E-state index contributed by atoms with van der Waals surface area (Å²) in [6.07, 6.45) is 13.7. The van der Waals surface area contributed by atoms with Crippen LogP contribution in [-0.2, 0) is 0 Å². The van der Waals surface area contributed by atoms with Crippen molar-refractivity contribution in [1.29, 1.82) is 0 Å². The molecule has 0 unspecified atom stereocenters. The highest BCUT2D eigenvalue weighted by Crippen LogP contribution is 2.27. The quantitative estimate of drug-likeness (QED) is 0.569. The van der Waals surface area contributed by atoms with Crippen molar-refractivity contribution >= 4 is 0 Å². The molecule has 2 nitrogen and oxygen atoms in total. The van der Waals surface area contributed by atoms with E-state index in [1.165, 1.54) is 57.1 Å². The molecule has 0 aliphatic heterocycles. The summed E-state index contributed by atoms with van der Waals surface area (Å²) < 4.78 is 0. The van der Waals surface area contributed by atoms with Gasteiger partial charge in [0.15, 0.2) is 0 Å². The zero-order valence-corrected chi connectivity index (χ0v) is 14.3. The molecule has 0 spiro atoms. The van der Waals surface area contributed by atoms with E-state index in [0.29, 0.717) is 0 Å². The number of nitrogens with two attached hydrogens (primary N) is 1. The van der Waals surface area contributed by atoms with Gasteiger partial charge < -0.3 is 11.1 Å². The van der Waals surface area contributed by atoms with Crippen molar-refractivity contribution in [2.45, 2.75) is 71.6 Å². The van der Waals surface area contributed by atoms with Crippen LogP contribution in [0.3, 0.4) is 0 Å². The molecule has 1 fully saturated rings. The van der Waals surface area contributed by atoms with Gasteiger partial charge in [-0.1, -0.05) is 31.6 Å². The van der Waals surface area contributed by atoms with Crippen LogP contribution in [0.2, 0.25) is 0 Å². The van der Waals surface area contributed by atoms with Crippen LogP contribution in [0.25, 0.3) is 0 Å². The average molecular weight is 293 g/mol. The minimum Gasteiger partial charge on any atom is -0.389 e. The Balaban J connectivity index is 2.14.